The number of ether oxygens (including phenoxy) is 1. The summed E-state index contributed by atoms with van der Waals surface area (Å²) in [6, 6.07) is 5.59. The van der Waals surface area contributed by atoms with Crippen LogP contribution in [0.15, 0.2) is 18.2 Å². The quantitative estimate of drug-likeness (QED) is 0.754. The summed E-state index contributed by atoms with van der Waals surface area (Å²) in [7, 11) is 0. The number of piperidine rings is 1. The number of hydrogen-bond acceptors (Lipinski definition) is 3. The summed E-state index contributed by atoms with van der Waals surface area (Å²) in [6.45, 7) is 5.09. The third-order valence-corrected chi connectivity index (χ3v) is 4.68. The number of carbonyl (C=O) groups is 1. The summed E-state index contributed by atoms with van der Waals surface area (Å²) in [5.41, 5.74) is 0. The fraction of sp³-hybridized carbons (Fsp3) is 0.588. The molecule has 0 aliphatic carbocycles. The molecule has 0 bridgehead atoms. The van der Waals surface area contributed by atoms with Crippen LogP contribution in [0, 0.1) is 0 Å². The maximum Gasteiger partial charge on any atom is 0.257 e. The standard InChI is InChI=1S/C17H24Cl2N2O2/c1-13-5-2-3-9-21(13)10-4-8-20-17(22)12-23-16-11-14(18)6-7-15(16)19/h6-7,11,13H,2-5,8-10,12H2,1H3,(H,20,22). The van der Waals surface area contributed by atoms with Crippen LogP contribution in [-0.4, -0.2) is 43.1 Å². The molecule has 1 aromatic rings. The molecule has 1 amide bonds. The Hall–Kier alpha value is -0.970. The van der Waals surface area contributed by atoms with Crippen LogP contribution in [0.2, 0.25) is 10.0 Å². The van der Waals surface area contributed by atoms with Crippen molar-refractivity contribution in [2.45, 2.75) is 38.6 Å². The average molecular weight is 359 g/mol. The van der Waals surface area contributed by atoms with Crippen molar-refractivity contribution in [2.75, 3.05) is 26.2 Å². The third kappa shape index (κ3) is 6.21. The SMILES string of the molecule is CC1CCCCN1CCCNC(=O)COc1cc(Cl)ccc1Cl. The Morgan fingerprint density at radius 3 is 3.00 bits per heavy atom. The van der Waals surface area contributed by atoms with Gasteiger partial charge in [0.2, 0.25) is 0 Å². The Balaban J connectivity index is 1.62. The molecule has 128 valence electrons. The van der Waals surface area contributed by atoms with Crippen LogP contribution in [0.5, 0.6) is 5.75 Å². The highest BCUT2D eigenvalue weighted by Gasteiger charge is 2.17. The van der Waals surface area contributed by atoms with Crippen LogP contribution in [0.1, 0.15) is 32.6 Å². The van der Waals surface area contributed by atoms with Crippen molar-refractivity contribution in [1.82, 2.24) is 10.2 Å². The van der Waals surface area contributed by atoms with Crippen LogP contribution in [0.3, 0.4) is 0 Å². The Morgan fingerprint density at radius 1 is 1.39 bits per heavy atom. The summed E-state index contributed by atoms with van der Waals surface area (Å²) in [5.74, 6) is 0.282. The first-order chi connectivity index (χ1) is 11.1. The molecule has 1 aromatic carbocycles. The van der Waals surface area contributed by atoms with E-state index in [2.05, 4.69) is 17.1 Å². The van der Waals surface area contributed by atoms with Gasteiger partial charge in [0.05, 0.1) is 5.02 Å². The number of likely N-dealkylation sites (tertiary alicyclic amines) is 1. The van der Waals surface area contributed by atoms with E-state index >= 15 is 0 Å². The maximum atomic E-state index is 11.8. The van der Waals surface area contributed by atoms with Gasteiger partial charge in [-0.2, -0.15) is 0 Å². The molecule has 0 spiro atoms. The van der Waals surface area contributed by atoms with Crippen LogP contribution in [0.4, 0.5) is 0 Å². The summed E-state index contributed by atoms with van der Waals surface area (Å²) >= 11 is 11.9. The smallest absolute Gasteiger partial charge is 0.257 e. The van der Waals surface area contributed by atoms with Gasteiger partial charge in [-0.1, -0.05) is 29.6 Å². The van der Waals surface area contributed by atoms with Gasteiger partial charge in [-0.25, -0.2) is 0 Å². The zero-order chi connectivity index (χ0) is 16.7. The van der Waals surface area contributed by atoms with Gasteiger partial charge in [0.15, 0.2) is 6.61 Å². The highest BCUT2D eigenvalue weighted by Crippen LogP contribution is 2.27. The predicted molar refractivity (Wildman–Crippen MR) is 94.5 cm³/mol. The lowest BCUT2D eigenvalue weighted by Crippen LogP contribution is -2.39. The topological polar surface area (TPSA) is 41.6 Å². The molecular weight excluding hydrogens is 335 g/mol. The van der Waals surface area contributed by atoms with E-state index in [9.17, 15) is 4.79 Å². The van der Waals surface area contributed by atoms with E-state index in [0.29, 0.717) is 28.4 Å². The summed E-state index contributed by atoms with van der Waals surface area (Å²) in [4.78, 5) is 14.3. The number of amides is 1. The second-order valence-corrected chi connectivity index (χ2v) is 6.79. The molecule has 6 heteroatoms. The second-order valence-electron chi connectivity index (χ2n) is 5.95. The Bertz CT molecular complexity index is 525. The molecule has 1 heterocycles. The van der Waals surface area contributed by atoms with Crippen molar-refractivity contribution in [3.05, 3.63) is 28.2 Å². The summed E-state index contributed by atoms with van der Waals surface area (Å²) in [6.07, 6.45) is 4.84. The number of hydrogen-bond donors (Lipinski definition) is 1. The van der Waals surface area contributed by atoms with Gasteiger partial charge in [-0.15, -0.1) is 0 Å². The number of carbonyl (C=O) groups excluding carboxylic acids is 1. The molecule has 1 aliphatic rings. The van der Waals surface area contributed by atoms with Crippen LogP contribution < -0.4 is 10.1 Å². The molecule has 0 saturated carbocycles. The normalized spacial score (nSPS) is 18.7. The van der Waals surface area contributed by atoms with E-state index in [4.69, 9.17) is 27.9 Å². The minimum absolute atomic E-state index is 0.0554. The van der Waals surface area contributed by atoms with Crippen molar-refractivity contribution in [3.8, 4) is 5.75 Å². The minimum atomic E-state index is -0.146. The van der Waals surface area contributed by atoms with Gasteiger partial charge in [0, 0.05) is 30.2 Å². The lowest BCUT2D eigenvalue weighted by atomic mass is 10.0. The minimum Gasteiger partial charge on any atom is -0.482 e. The van der Waals surface area contributed by atoms with Gasteiger partial charge in [0.25, 0.3) is 5.91 Å². The predicted octanol–water partition coefficient (Wildman–Crippen LogP) is 3.75. The fourth-order valence-corrected chi connectivity index (χ4v) is 3.12. The molecule has 1 unspecified atom stereocenters. The number of nitrogens with zero attached hydrogens (tertiary/aromatic N) is 1. The van der Waals surface area contributed by atoms with E-state index in [1.165, 1.54) is 25.8 Å². The summed E-state index contributed by atoms with van der Waals surface area (Å²) in [5, 5.41) is 3.85. The van der Waals surface area contributed by atoms with Crippen molar-refractivity contribution in [2.24, 2.45) is 0 Å². The number of benzene rings is 1. The van der Waals surface area contributed by atoms with Gasteiger partial charge in [0.1, 0.15) is 5.75 Å². The lowest BCUT2D eigenvalue weighted by molar-refractivity contribution is -0.123. The van der Waals surface area contributed by atoms with Crippen LogP contribution in [-0.2, 0) is 4.79 Å². The largest absolute Gasteiger partial charge is 0.482 e. The molecule has 1 N–H and O–H groups in total. The van der Waals surface area contributed by atoms with E-state index < -0.39 is 0 Å². The van der Waals surface area contributed by atoms with Crippen molar-refractivity contribution in [1.29, 1.82) is 0 Å². The highest BCUT2D eigenvalue weighted by molar-refractivity contribution is 6.34. The molecule has 0 radical (unpaired) electrons. The highest BCUT2D eigenvalue weighted by atomic mass is 35.5. The van der Waals surface area contributed by atoms with Crippen molar-refractivity contribution < 1.29 is 9.53 Å². The maximum absolute atomic E-state index is 11.8. The molecule has 23 heavy (non-hydrogen) atoms. The first-order valence-corrected chi connectivity index (χ1v) is 8.90. The van der Waals surface area contributed by atoms with Gasteiger partial charge in [-0.3, -0.25) is 4.79 Å². The van der Waals surface area contributed by atoms with Crippen LogP contribution in [0.25, 0.3) is 0 Å². The van der Waals surface area contributed by atoms with E-state index in [-0.39, 0.29) is 12.5 Å². The Kier molecular flexibility index (Phi) is 7.47. The Labute approximate surface area is 148 Å². The molecule has 4 nitrogen and oxygen atoms in total. The first kappa shape index (κ1) is 18.4. The van der Waals surface area contributed by atoms with E-state index in [1.807, 2.05) is 0 Å². The first-order valence-electron chi connectivity index (χ1n) is 8.15. The third-order valence-electron chi connectivity index (χ3n) is 4.14. The Morgan fingerprint density at radius 2 is 2.22 bits per heavy atom. The molecule has 1 aliphatic heterocycles. The molecule has 0 aromatic heterocycles. The van der Waals surface area contributed by atoms with Gasteiger partial charge >= 0.3 is 0 Å². The van der Waals surface area contributed by atoms with Gasteiger partial charge < -0.3 is 15.0 Å². The second kappa shape index (κ2) is 9.36. The molecular formula is C17H24Cl2N2O2. The van der Waals surface area contributed by atoms with Crippen molar-refractivity contribution >= 4 is 29.1 Å². The zero-order valence-electron chi connectivity index (χ0n) is 13.5. The van der Waals surface area contributed by atoms with E-state index in [1.54, 1.807) is 18.2 Å². The van der Waals surface area contributed by atoms with E-state index in [0.717, 1.165) is 13.0 Å². The zero-order valence-corrected chi connectivity index (χ0v) is 15.0. The van der Waals surface area contributed by atoms with Gasteiger partial charge in [-0.05, 0) is 44.9 Å². The number of halogens is 2. The average Bonchev–Trinajstić information content (AvgIpc) is 2.54. The molecule has 2 rings (SSSR count). The lowest BCUT2D eigenvalue weighted by Gasteiger charge is -2.33. The number of rotatable bonds is 7. The molecule has 1 fully saturated rings. The van der Waals surface area contributed by atoms with Crippen molar-refractivity contribution in [3.63, 3.8) is 0 Å². The number of nitrogens with one attached hydrogen (secondary N) is 1. The molecule has 1 saturated heterocycles. The molecule has 1 atom stereocenters. The fourth-order valence-electron chi connectivity index (χ4n) is 2.78. The summed E-state index contributed by atoms with van der Waals surface area (Å²) < 4.78 is 5.40. The van der Waals surface area contributed by atoms with Crippen LogP contribution >= 0.6 is 23.2 Å². The monoisotopic (exact) mass is 358 g/mol.